The lowest BCUT2D eigenvalue weighted by Crippen LogP contribution is -2.23. The van der Waals surface area contributed by atoms with Crippen LogP contribution in [0.2, 0.25) is 0 Å². The average molecular weight is 235 g/mol. The third kappa shape index (κ3) is 3.43. The summed E-state index contributed by atoms with van der Waals surface area (Å²) in [4.78, 5) is 4.49. The molecule has 94 valence electrons. The number of allylic oxidation sites excluding steroid dienone is 1. The number of ether oxygens (including phenoxy) is 1. The Balaban J connectivity index is 1.94. The van der Waals surface area contributed by atoms with E-state index in [1.165, 1.54) is 6.42 Å². The highest BCUT2D eigenvalue weighted by atomic mass is 16.5. The summed E-state index contributed by atoms with van der Waals surface area (Å²) in [5.74, 6) is 1.43. The molecule has 17 heavy (non-hydrogen) atoms. The van der Waals surface area contributed by atoms with Crippen LogP contribution in [0.25, 0.3) is 0 Å². The molecule has 1 heterocycles. The van der Waals surface area contributed by atoms with E-state index < -0.39 is 0 Å². The van der Waals surface area contributed by atoms with Gasteiger partial charge in [-0.3, -0.25) is 4.99 Å². The van der Waals surface area contributed by atoms with Crippen LogP contribution in [0.5, 0.6) is 0 Å². The van der Waals surface area contributed by atoms with E-state index in [2.05, 4.69) is 17.1 Å². The molecule has 0 saturated carbocycles. The van der Waals surface area contributed by atoms with E-state index in [1.54, 1.807) is 6.92 Å². The van der Waals surface area contributed by atoms with E-state index in [0.29, 0.717) is 12.3 Å². The Labute approximate surface area is 103 Å². The minimum Gasteiger partial charge on any atom is -0.491 e. The van der Waals surface area contributed by atoms with E-state index in [1.807, 2.05) is 19.2 Å². The van der Waals surface area contributed by atoms with Crippen molar-refractivity contribution in [1.82, 2.24) is 0 Å². The lowest BCUT2D eigenvalue weighted by molar-refractivity contribution is 0.0759. The van der Waals surface area contributed by atoms with E-state index in [-0.39, 0.29) is 18.2 Å². The third-order valence-corrected chi connectivity index (χ3v) is 3.20. The van der Waals surface area contributed by atoms with Gasteiger partial charge in [0.25, 0.3) is 0 Å². The van der Waals surface area contributed by atoms with Gasteiger partial charge in [-0.1, -0.05) is 6.08 Å². The van der Waals surface area contributed by atoms with Crippen molar-refractivity contribution in [2.75, 3.05) is 0 Å². The highest BCUT2D eigenvalue weighted by Gasteiger charge is 2.23. The first-order valence-electron chi connectivity index (χ1n) is 6.41. The molecule has 0 saturated heterocycles. The van der Waals surface area contributed by atoms with Gasteiger partial charge >= 0.3 is 0 Å². The molecule has 4 atom stereocenters. The maximum Gasteiger partial charge on any atom is 0.117 e. The first-order chi connectivity index (χ1) is 8.15. The first kappa shape index (κ1) is 12.4. The highest BCUT2D eigenvalue weighted by Crippen LogP contribution is 2.27. The number of aliphatic imine (C=N–C) groups is 1. The van der Waals surface area contributed by atoms with Gasteiger partial charge in [-0.15, -0.1) is 0 Å². The van der Waals surface area contributed by atoms with Gasteiger partial charge in [0.1, 0.15) is 5.76 Å². The van der Waals surface area contributed by atoms with Crippen molar-refractivity contribution in [3.8, 4) is 0 Å². The van der Waals surface area contributed by atoms with Crippen LogP contribution in [0.1, 0.15) is 33.1 Å². The van der Waals surface area contributed by atoms with Crippen LogP contribution in [-0.2, 0) is 4.74 Å². The van der Waals surface area contributed by atoms with Crippen LogP contribution in [0.4, 0.5) is 0 Å². The van der Waals surface area contributed by atoms with Crippen molar-refractivity contribution in [3.05, 3.63) is 24.0 Å². The number of nitrogens with zero attached hydrogens (tertiary/aromatic N) is 1. The number of aliphatic hydroxyl groups is 1. The average Bonchev–Trinajstić information content (AvgIpc) is 2.27. The Morgan fingerprint density at radius 3 is 3.12 bits per heavy atom. The fraction of sp³-hybridized carbons (Fsp3) is 0.643. The Bertz CT molecular complexity index is 344. The number of hydrogen-bond acceptors (Lipinski definition) is 3. The normalized spacial score (nSPS) is 30.4. The van der Waals surface area contributed by atoms with Crippen LogP contribution in [0, 0.1) is 5.92 Å². The third-order valence-electron chi connectivity index (χ3n) is 3.20. The molecule has 0 amide bonds. The molecule has 0 aromatic carbocycles. The smallest absolute Gasteiger partial charge is 0.117 e. The summed E-state index contributed by atoms with van der Waals surface area (Å²) in [6, 6.07) is 0.252. The highest BCUT2D eigenvalue weighted by molar-refractivity contribution is 5.59. The Morgan fingerprint density at radius 1 is 1.53 bits per heavy atom. The number of rotatable bonds is 4. The lowest BCUT2D eigenvalue weighted by atomic mass is 9.89. The van der Waals surface area contributed by atoms with E-state index in [0.717, 1.165) is 12.2 Å². The van der Waals surface area contributed by atoms with Gasteiger partial charge in [-0.25, -0.2) is 0 Å². The van der Waals surface area contributed by atoms with Gasteiger partial charge in [0.05, 0.1) is 18.2 Å². The quantitative estimate of drug-likeness (QED) is 0.813. The summed E-state index contributed by atoms with van der Waals surface area (Å²) in [6.45, 7) is 3.77. The fourth-order valence-electron chi connectivity index (χ4n) is 2.40. The second-order valence-electron chi connectivity index (χ2n) is 5.00. The van der Waals surface area contributed by atoms with Crippen molar-refractivity contribution in [2.45, 2.75) is 51.4 Å². The van der Waals surface area contributed by atoms with Crippen LogP contribution in [-0.4, -0.2) is 29.6 Å². The maximum atomic E-state index is 9.30. The van der Waals surface area contributed by atoms with Gasteiger partial charge in [0.15, 0.2) is 0 Å². The molecule has 1 aliphatic carbocycles. The van der Waals surface area contributed by atoms with E-state index in [4.69, 9.17) is 4.74 Å². The molecule has 0 aromatic rings. The summed E-state index contributed by atoms with van der Waals surface area (Å²) < 4.78 is 5.79. The van der Waals surface area contributed by atoms with Gasteiger partial charge in [0.2, 0.25) is 0 Å². The van der Waals surface area contributed by atoms with Crippen LogP contribution < -0.4 is 0 Å². The molecule has 1 aliphatic heterocycles. The van der Waals surface area contributed by atoms with Crippen LogP contribution in [0.3, 0.4) is 0 Å². The number of aliphatic hydroxyl groups excluding tert-OH is 1. The van der Waals surface area contributed by atoms with Gasteiger partial charge < -0.3 is 9.84 Å². The van der Waals surface area contributed by atoms with Crippen molar-refractivity contribution in [2.24, 2.45) is 10.9 Å². The Morgan fingerprint density at radius 2 is 2.35 bits per heavy atom. The summed E-state index contributed by atoms with van der Waals surface area (Å²) in [7, 11) is 0. The maximum absolute atomic E-state index is 9.30. The zero-order valence-electron chi connectivity index (χ0n) is 10.5. The summed E-state index contributed by atoms with van der Waals surface area (Å²) in [5, 5.41) is 9.30. The molecule has 0 radical (unpaired) electrons. The summed E-state index contributed by atoms with van der Waals surface area (Å²) in [6.07, 6.45) is 11.0. The minimum absolute atomic E-state index is 0.0371. The van der Waals surface area contributed by atoms with Crippen molar-refractivity contribution in [1.29, 1.82) is 0 Å². The van der Waals surface area contributed by atoms with Gasteiger partial charge in [0, 0.05) is 12.3 Å². The molecule has 0 fully saturated rings. The largest absolute Gasteiger partial charge is 0.491 e. The first-order valence-corrected chi connectivity index (χ1v) is 6.41. The predicted octanol–water partition coefficient (Wildman–Crippen LogP) is 2.47. The zero-order valence-corrected chi connectivity index (χ0v) is 10.5. The molecule has 0 aromatic heterocycles. The molecule has 0 spiro atoms. The second kappa shape index (κ2) is 5.50. The molecule has 2 rings (SSSR count). The van der Waals surface area contributed by atoms with Gasteiger partial charge in [-0.2, -0.15) is 0 Å². The van der Waals surface area contributed by atoms with E-state index in [9.17, 15) is 5.11 Å². The summed E-state index contributed by atoms with van der Waals surface area (Å²) >= 11 is 0. The van der Waals surface area contributed by atoms with Gasteiger partial charge in [-0.05, 0) is 45.1 Å². The summed E-state index contributed by atoms with van der Waals surface area (Å²) in [5.41, 5.74) is 0. The zero-order chi connectivity index (χ0) is 12.3. The second-order valence-corrected chi connectivity index (χ2v) is 5.00. The standard InChI is InChI=1S/C14H21NO2/c1-10(16)8-11(2)17-13-6-5-12-4-3-7-15-14(12)9-13/h5-7,9-12,14,16H,3-4,8H2,1-2H3. The Hall–Kier alpha value is -1.09. The van der Waals surface area contributed by atoms with E-state index >= 15 is 0 Å². The molecular weight excluding hydrogens is 214 g/mol. The molecular formula is C14H21NO2. The Kier molecular flexibility index (Phi) is 4.00. The van der Waals surface area contributed by atoms with Crippen LogP contribution >= 0.6 is 0 Å². The number of hydrogen-bond donors (Lipinski definition) is 1. The van der Waals surface area contributed by atoms with Crippen LogP contribution in [0.15, 0.2) is 29.0 Å². The topological polar surface area (TPSA) is 41.8 Å². The number of fused-ring (bicyclic) bond motifs is 1. The minimum atomic E-state index is -0.321. The lowest BCUT2D eigenvalue weighted by Gasteiger charge is -2.27. The van der Waals surface area contributed by atoms with Crippen molar-refractivity contribution < 1.29 is 9.84 Å². The molecule has 3 heteroatoms. The molecule has 1 N–H and O–H groups in total. The van der Waals surface area contributed by atoms with Crippen molar-refractivity contribution >= 4 is 6.21 Å². The molecule has 2 aliphatic rings. The molecule has 4 unspecified atom stereocenters. The van der Waals surface area contributed by atoms with Crippen molar-refractivity contribution in [3.63, 3.8) is 0 Å². The fourth-order valence-corrected chi connectivity index (χ4v) is 2.40. The SMILES string of the molecule is CC(O)CC(C)OC1=CC2N=CCCC2C=C1. The molecule has 3 nitrogen and oxygen atoms in total. The molecule has 0 bridgehead atoms. The monoisotopic (exact) mass is 235 g/mol. The predicted molar refractivity (Wildman–Crippen MR) is 69.1 cm³/mol.